The summed E-state index contributed by atoms with van der Waals surface area (Å²) in [6.45, 7) is 17.3. The fourth-order valence-electron chi connectivity index (χ4n) is 3.52. The monoisotopic (exact) mass is 479 g/mol. The third kappa shape index (κ3) is 7.31. The van der Waals surface area contributed by atoms with Gasteiger partial charge in [0.05, 0.1) is 0 Å². The topological polar surface area (TPSA) is 20.2 Å². The van der Waals surface area contributed by atoms with Gasteiger partial charge in [-0.05, 0) is 36.1 Å². The molecule has 0 saturated heterocycles. The van der Waals surface area contributed by atoms with Crippen LogP contribution in [0.3, 0.4) is 0 Å². The molecule has 1 aliphatic rings. The van der Waals surface area contributed by atoms with Gasteiger partial charge < -0.3 is 29.9 Å². The molecular formula is C26H33Cl2OTi. The molecule has 0 atom stereocenters. The molecule has 1 nitrogen and oxygen atoms in total. The third-order valence-electron chi connectivity index (χ3n) is 5.59. The number of phenols is 1. The molecule has 4 heteroatoms. The predicted molar refractivity (Wildman–Crippen MR) is 117 cm³/mol. The van der Waals surface area contributed by atoms with Crippen LogP contribution in [0.5, 0.6) is 5.75 Å². The summed E-state index contributed by atoms with van der Waals surface area (Å²) in [6.07, 6.45) is 3.44. The first-order chi connectivity index (χ1) is 12.5. The summed E-state index contributed by atoms with van der Waals surface area (Å²) in [5.74, 6) is 0.801. The Hall–Kier alpha value is -0.986. The molecular weight excluding hydrogens is 447 g/mol. The Morgan fingerprint density at radius 3 is 1.87 bits per heavy atom. The number of rotatable bonds is 2. The number of aryl methyl sites for hydroxylation is 1. The van der Waals surface area contributed by atoms with E-state index in [1.54, 1.807) is 6.07 Å². The first-order valence-corrected chi connectivity index (χ1v) is 9.73. The smallest absolute Gasteiger partial charge is 1.00 e. The van der Waals surface area contributed by atoms with Gasteiger partial charge in [0.2, 0.25) is 0 Å². The molecule has 161 valence electrons. The summed E-state index contributed by atoms with van der Waals surface area (Å²) < 4.78 is 0. The molecule has 3 rings (SSSR count). The zero-order chi connectivity index (χ0) is 20.4. The summed E-state index contributed by atoms with van der Waals surface area (Å²) in [6, 6.07) is 14.0. The number of phenolic OH excluding ortho intramolecular Hbond substituents is 1. The Kier molecular flexibility index (Phi) is 13.3. The van der Waals surface area contributed by atoms with Gasteiger partial charge in [-0.3, -0.25) is 6.08 Å². The summed E-state index contributed by atoms with van der Waals surface area (Å²) in [5.41, 5.74) is 8.88. The van der Waals surface area contributed by atoms with Gasteiger partial charge in [0.25, 0.3) is 0 Å². The minimum atomic E-state index is 0. The minimum absolute atomic E-state index is 0. The maximum Gasteiger partial charge on any atom is 3.00 e. The van der Waals surface area contributed by atoms with E-state index in [9.17, 15) is 5.11 Å². The van der Waals surface area contributed by atoms with Crippen LogP contribution in [0.15, 0.2) is 59.2 Å². The third-order valence-corrected chi connectivity index (χ3v) is 5.59. The average molecular weight is 480 g/mol. The number of aromatic hydroxyl groups is 1. The second kappa shape index (κ2) is 12.8. The fraction of sp³-hybridized carbons (Fsp3) is 0.385. The maximum atomic E-state index is 9.99. The van der Waals surface area contributed by atoms with E-state index in [1.165, 1.54) is 22.3 Å². The molecule has 0 aliphatic heterocycles. The number of hydrogen-bond donors (Lipinski definition) is 1. The fourth-order valence-corrected chi connectivity index (χ4v) is 3.52. The van der Waals surface area contributed by atoms with Gasteiger partial charge in [0.1, 0.15) is 5.75 Å². The number of halogens is 2. The largest absolute Gasteiger partial charge is 3.00 e. The molecule has 1 radical (unpaired) electrons. The quantitative estimate of drug-likeness (QED) is 0.512. The van der Waals surface area contributed by atoms with E-state index in [0.717, 1.165) is 16.7 Å². The summed E-state index contributed by atoms with van der Waals surface area (Å²) in [4.78, 5) is 0. The normalized spacial score (nSPS) is 14.0. The van der Waals surface area contributed by atoms with Crippen LogP contribution < -0.4 is 24.8 Å². The van der Waals surface area contributed by atoms with Gasteiger partial charge >= 0.3 is 21.7 Å². The van der Waals surface area contributed by atoms with Crippen LogP contribution >= 0.6 is 0 Å². The molecule has 2 aromatic rings. The van der Waals surface area contributed by atoms with E-state index in [4.69, 9.17) is 0 Å². The van der Waals surface area contributed by atoms with Gasteiger partial charge in [-0.25, -0.2) is 5.57 Å². The van der Waals surface area contributed by atoms with Crippen LogP contribution in [0.4, 0.5) is 0 Å². The second-order valence-electron chi connectivity index (χ2n) is 8.39. The number of benzene rings is 2. The molecule has 0 fully saturated rings. The zero-order valence-corrected chi connectivity index (χ0v) is 22.4. The van der Waals surface area contributed by atoms with Crippen molar-refractivity contribution >= 4 is 0 Å². The van der Waals surface area contributed by atoms with E-state index in [2.05, 4.69) is 66.7 Å². The van der Waals surface area contributed by atoms with Crippen molar-refractivity contribution in [2.45, 2.75) is 61.3 Å². The predicted octanol–water partition coefficient (Wildman–Crippen LogP) is 1.61. The molecule has 0 bridgehead atoms. The van der Waals surface area contributed by atoms with Gasteiger partial charge in [0.15, 0.2) is 0 Å². The van der Waals surface area contributed by atoms with Crippen LogP contribution in [0.2, 0.25) is 0 Å². The molecule has 0 heterocycles. The maximum absolute atomic E-state index is 9.99. The summed E-state index contributed by atoms with van der Waals surface area (Å²) in [7, 11) is 0. The van der Waals surface area contributed by atoms with Crippen LogP contribution in [0.25, 0.3) is 11.1 Å². The molecule has 1 N–H and O–H groups in total. The Labute approximate surface area is 210 Å². The molecule has 2 aromatic carbocycles. The first-order valence-electron chi connectivity index (χ1n) is 9.73. The Morgan fingerprint density at radius 2 is 1.43 bits per heavy atom. The standard InChI is InChI=1S/C16H18O.C10H15.2ClH.Ti/c1-11(2)13-6-4-5-7-14(13)15-10-12(3)8-9-16(15)17;1-7-6-10(4,5)9(3)8(7)2;;;/h4-11,17H,1-3H3;1-5H3;2*1H;/q;-1;;;+3/p-2. The zero-order valence-electron chi connectivity index (χ0n) is 19.3. The summed E-state index contributed by atoms with van der Waals surface area (Å²) in [5, 5.41) is 9.99. The van der Waals surface area contributed by atoms with E-state index in [1.807, 2.05) is 31.2 Å². The molecule has 1 aliphatic carbocycles. The number of allylic oxidation sites excluding steroid dienone is 4. The van der Waals surface area contributed by atoms with Crippen molar-refractivity contribution in [1.29, 1.82) is 0 Å². The second-order valence-corrected chi connectivity index (χ2v) is 8.39. The van der Waals surface area contributed by atoms with Crippen LogP contribution in [-0.2, 0) is 21.7 Å². The molecule has 0 spiro atoms. The Bertz CT molecular complexity index is 896. The Balaban J connectivity index is 0. The van der Waals surface area contributed by atoms with Crippen molar-refractivity contribution in [2.75, 3.05) is 0 Å². The van der Waals surface area contributed by atoms with Crippen molar-refractivity contribution < 1.29 is 51.6 Å². The van der Waals surface area contributed by atoms with Crippen molar-refractivity contribution in [1.82, 2.24) is 0 Å². The molecule has 30 heavy (non-hydrogen) atoms. The van der Waals surface area contributed by atoms with Crippen LogP contribution in [0.1, 0.15) is 65.5 Å². The van der Waals surface area contributed by atoms with Gasteiger partial charge in [-0.2, -0.15) is 11.1 Å². The van der Waals surface area contributed by atoms with Crippen molar-refractivity contribution in [2.24, 2.45) is 5.41 Å². The Morgan fingerprint density at radius 1 is 0.867 bits per heavy atom. The SMILES string of the molecule is CC1=[C-]C(C)(C)C(C)=C1C.Cc1ccc(O)c(-c2ccccc2C(C)C)c1.[Cl-].[Cl-].[Ti+3]. The molecule has 0 amide bonds. The molecule has 0 unspecified atom stereocenters. The minimum Gasteiger partial charge on any atom is -1.00 e. The van der Waals surface area contributed by atoms with Crippen molar-refractivity contribution in [3.63, 3.8) is 0 Å². The van der Waals surface area contributed by atoms with E-state index < -0.39 is 0 Å². The molecule has 0 saturated carbocycles. The summed E-state index contributed by atoms with van der Waals surface area (Å²) >= 11 is 0. The number of hydrogen-bond acceptors (Lipinski definition) is 1. The van der Waals surface area contributed by atoms with Gasteiger partial charge in [0, 0.05) is 5.56 Å². The first kappa shape index (κ1) is 31.2. The van der Waals surface area contributed by atoms with Crippen LogP contribution in [0, 0.1) is 18.4 Å². The van der Waals surface area contributed by atoms with E-state index >= 15 is 0 Å². The van der Waals surface area contributed by atoms with Crippen molar-refractivity contribution in [3.05, 3.63) is 76.4 Å². The van der Waals surface area contributed by atoms with E-state index in [-0.39, 0.29) is 51.9 Å². The van der Waals surface area contributed by atoms with Gasteiger partial charge in [-0.1, -0.05) is 82.9 Å². The van der Waals surface area contributed by atoms with E-state index in [0.29, 0.717) is 11.7 Å². The average Bonchev–Trinajstić information content (AvgIpc) is 2.79. The van der Waals surface area contributed by atoms with Gasteiger partial charge in [-0.15, -0.1) is 6.92 Å². The van der Waals surface area contributed by atoms with Crippen molar-refractivity contribution in [3.8, 4) is 16.9 Å². The molecule has 0 aromatic heterocycles. The van der Waals surface area contributed by atoms with Crippen LogP contribution in [-0.4, -0.2) is 5.11 Å².